The fourth-order valence-corrected chi connectivity index (χ4v) is 2.94. The van der Waals surface area contributed by atoms with Crippen LogP contribution in [0.25, 0.3) is 0 Å². The standard InChI is InChI=1S/C18H38NO5P.2K/c1-2-3-4-5-6-7-8-9-10-11-12-13-14-15-18(20)17(19)16-24-25(21,22)23;;/h14-15,17-18,20H,2-13,16,19H2,1H3,(H2,21,22,23);;/q;2*+1/p-2/b15-14+;;/t17-,18+;;/m0../s1. The van der Waals surface area contributed by atoms with E-state index in [0.717, 1.165) is 12.8 Å². The summed E-state index contributed by atoms with van der Waals surface area (Å²) in [6.07, 6.45) is 17.4. The van der Waals surface area contributed by atoms with E-state index in [9.17, 15) is 19.5 Å². The van der Waals surface area contributed by atoms with E-state index in [2.05, 4.69) is 11.4 Å². The minimum atomic E-state index is -5.03. The predicted octanol–water partition coefficient (Wildman–Crippen LogP) is -3.21. The van der Waals surface area contributed by atoms with Crippen molar-refractivity contribution < 1.29 is 127 Å². The van der Waals surface area contributed by atoms with E-state index in [0.29, 0.717) is 0 Å². The molecule has 9 heteroatoms. The van der Waals surface area contributed by atoms with Gasteiger partial charge in [-0.05, 0) is 12.8 Å². The van der Waals surface area contributed by atoms with Crippen LogP contribution in [0, 0.1) is 0 Å². The molecule has 0 saturated heterocycles. The number of nitrogens with two attached hydrogens (primary N) is 1. The van der Waals surface area contributed by atoms with Crippen molar-refractivity contribution in [1.82, 2.24) is 0 Å². The van der Waals surface area contributed by atoms with Crippen LogP contribution in [-0.2, 0) is 9.09 Å². The van der Waals surface area contributed by atoms with Crippen LogP contribution in [0.4, 0.5) is 0 Å². The molecule has 2 atom stereocenters. The summed E-state index contributed by atoms with van der Waals surface area (Å²) in [5.74, 6) is 0. The number of aliphatic hydroxyl groups is 1. The van der Waals surface area contributed by atoms with E-state index in [1.165, 1.54) is 70.3 Å². The van der Waals surface area contributed by atoms with Gasteiger partial charge in [-0.25, -0.2) is 0 Å². The zero-order valence-corrected chi connectivity index (χ0v) is 24.7. The van der Waals surface area contributed by atoms with E-state index in [1.54, 1.807) is 0 Å². The molecule has 0 rings (SSSR count). The number of allylic oxidation sites excluding steroid dienone is 1. The van der Waals surface area contributed by atoms with Gasteiger partial charge in [-0.1, -0.05) is 83.3 Å². The number of hydrogen-bond acceptors (Lipinski definition) is 6. The molecule has 0 aliphatic heterocycles. The molecule has 0 fully saturated rings. The third kappa shape index (κ3) is 27.0. The Bertz CT molecular complexity index is 383. The van der Waals surface area contributed by atoms with Crippen molar-refractivity contribution in [2.24, 2.45) is 5.73 Å². The SMILES string of the molecule is CCCCCCCCCCCCC/C=C/[C@@H](O)[C@@H](N)COP(=O)([O-])[O-].[K+].[K+]. The van der Waals surface area contributed by atoms with Crippen LogP contribution in [0.1, 0.15) is 84.0 Å². The number of aliphatic hydroxyl groups excluding tert-OH is 1. The van der Waals surface area contributed by atoms with E-state index >= 15 is 0 Å². The maximum Gasteiger partial charge on any atom is 1.00 e. The van der Waals surface area contributed by atoms with Gasteiger partial charge in [0.2, 0.25) is 0 Å². The maximum atomic E-state index is 10.3. The van der Waals surface area contributed by atoms with Crippen LogP contribution in [0.15, 0.2) is 12.2 Å². The van der Waals surface area contributed by atoms with Gasteiger partial charge in [0.05, 0.1) is 26.6 Å². The zero-order chi connectivity index (χ0) is 19.0. The van der Waals surface area contributed by atoms with Crippen LogP contribution in [0.3, 0.4) is 0 Å². The Morgan fingerprint density at radius 2 is 1.41 bits per heavy atom. The first kappa shape index (κ1) is 34.7. The molecule has 0 saturated carbocycles. The molecular formula is C18H36K2NO5P. The molecule has 0 aliphatic rings. The van der Waals surface area contributed by atoms with Gasteiger partial charge in [0.15, 0.2) is 0 Å². The van der Waals surface area contributed by atoms with Gasteiger partial charge in [0, 0.05) is 0 Å². The molecule has 0 amide bonds. The second kappa shape index (κ2) is 23.7. The van der Waals surface area contributed by atoms with Crippen LogP contribution >= 0.6 is 7.82 Å². The van der Waals surface area contributed by atoms with Gasteiger partial charge < -0.3 is 29.7 Å². The second-order valence-corrected chi connectivity index (χ2v) is 7.80. The number of rotatable bonds is 17. The molecule has 0 unspecified atom stereocenters. The number of unbranched alkanes of at least 4 members (excludes halogenated alkanes) is 11. The van der Waals surface area contributed by atoms with E-state index < -0.39 is 26.6 Å². The Balaban J connectivity index is -0.00000288. The Hall–Kier alpha value is 3.04. The average molecular weight is 456 g/mol. The third-order valence-electron chi connectivity index (χ3n) is 4.17. The Kier molecular flexibility index (Phi) is 30.4. The minimum absolute atomic E-state index is 0. The summed E-state index contributed by atoms with van der Waals surface area (Å²) in [5.41, 5.74) is 5.55. The van der Waals surface area contributed by atoms with Gasteiger partial charge in [0.1, 0.15) is 0 Å². The van der Waals surface area contributed by atoms with Crippen LogP contribution in [0.5, 0.6) is 0 Å². The molecule has 27 heavy (non-hydrogen) atoms. The molecule has 0 heterocycles. The fourth-order valence-electron chi connectivity index (χ4n) is 2.58. The summed E-state index contributed by atoms with van der Waals surface area (Å²) in [6.45, 7) is 1.73. The summed E-state index contributed by atoms with van der Waals surface area (Å²) < 4.78 is 14.4. The van der Waals surface area contributed by atoms with Crippen molar-refractivity contribution in [3.63, 3.8) is 0 Å². The van der Waals surface area contributed by atoms with E-state index in [1.807, 2.05) is 6.08 Å². The number of phosphoric acid groups is 1. The van der Waals surface area contributed by atoms with E-state index in [-0.39, 0.29) is 103 Å². The molecule has 0 spiro atoms. The first-order valence-corrected chi connectivity index (χ1v) is 11.1. The van der Waals surface area contributed by atoms with Gasteiger partial charge in [-0.2, -0.15) is 0 Å². The predicted molar refractivity (Wildman–Crippen MR) is 97.8 cm³/mol. The maximum absolute atomic E-state index is 10.3. The smallest absolute Gasteiger partial charge is 0.790 e. The first-order valence-electron chi connectivity index (χ1n) is 9.63. The molecule has 0 aromatic carbocycles. The van der Waals surface area contributed by atoms with Crippen molar-refractivity contribution >= 4 is 7.82 Å². The first-order chi connectivity index (χ1) is 11.9. The number of hydrogen-bond donors (Lipinski definition) is 2. The van der Waals surface area contributed by atoms with E-state index in [4.69, 9.17) is 5.73 Å². The quantitative estimate of drug-likeness (QED) is 0.103. The van der Waals surface area contributed by atoms with Crippen molar-refractivity contribution in [1.29, 1.82) is 0 Å². The molecular weight excluding hydrogens is 419 g/mol. The second-order valence-electron chi connectivity index (χ2n) is 6.65. The van der Waals surface area contributed by atoms with Crippen LogP contribution in [0.2, 0.25) is 0 Å². The third-order valence-corrected chi connectivity index (χ3v) is 4.64. The summed E-state index contributed by atoms with van der Waals surface area (Å²) in [4.78, 5) is 20.7. The molecule has 6 nitrogen and oxygen atoms in total. The monoisotopic (exact) mass is 455 g/mol. The van der Waals surface area contributed by atoms with Gasteiger partial charge in [0.25, 0.3) is 0 Å². The molecule has 0 aromatic heterocycles. The van der Waals surface area contributed by atoms with Crippen molar-refractivity contribution in [3.8, 4) is 0 Å². The van der Waals surface area contributed by atoms with Crippen molar-refractivity contribution in [2.45, 2.75) is 96.1 Å². The Labute approximate surface area is 250 Å². The Morgan fingerprint density at radius 1 is 0.963 bits per heavy atom. The summed E-state index contributed by atoms with van der Waals surface area (Å²) >= 11 is 0. The molecule has 0 radical (unpaired) electrons. The summed E-state index contributed by atoms with van der Waals surface area (Å²) in [5, 5.41) is 9.71. The molecule has 3 N–H and O–H groups in total. The Morgan fingerprint density at radius 3 is 1.85 bits per heavy atom. The van der Waals surface area contributed by atoms with Gasteiger partial charge in [-0.15, -0.1) is 0 Å². The van der Waals surface area contributed by atoms with Crippen LogP contribution < -0.4 is 118 Å². The van der Waals surface area contributed by atoms with Gasteiger partial charge >= 0.3 is 103 Å². The van der Waals surface area contributed by atoms with Gasteiger partial charge in [-0.3, -0.25) is 0 Å². The normalized spacial score (nSPS) is 13.8. The summed E-state index contributed by atoms with van der Waals surface area (Å²) in [6, 6.07) is -0.926. The molecule has 0 aromatic rings. The topological polar surface area (TPSA) is 119 Å². The fraction of sp³-hybridized carbons (Fsp3) is 0.889. The summed E-state index contributed by atoms with van der Waals surface area (Å²) in [7, 11) is -5.03. The average Bonchev–Trinajstić information content (AvgIpc) is 2.56. The molecule has 0 bridgehead atoms. The van der Waals surface area contributed by atoms with Crippen LogP contribution in [-0.4, -0.2) is 23.9 Å². The van der Waals surface area contributed by atoms with Crippen molar-refractivity contribution in [2.75, 3.05) is 6.61 Å². The van der Waals surface area contributed by atoms with Crippen molar-refractivity contribution in [3.05, 3.63) is 12.2 Å². The molecule has 150 valence electrons. The number of phosphoric ester groups is 1. The zero-order valence-electron chi connectivity index (χ0n) is 17.6. The minimum Gasteiger partial charge on any atom is -0.790 e. The molecule has 0 aliphatic carbocycles. The largest absolute Gasteiger partial charge is 1.00 e.